The summed E-state index contributed by atoms with van der Waals surface area (Å²) in [5, 5.41) is 21.7. The molecule has 0 saturated heterocycles. The first kappa shape index (κ1) is 24.2. The first-order valence-electron chi connectivity index (χ1n) is 11.4. The molecule has 5 aromatic rings. The Morgan fingerprint density at radius 1 is 0.919 bits per heavy atom. The molecule has 0 spiro atoms. The van der Waals surface area contributed by atoms with Gasteiger partial charge in [-0.05, 0) is 56.3 Å². The lowest BCUT2D eigenvalue weighted by atomic mass is 9.95. The van der Waals surface area contributed by atoms with Gasteiger partial charge in [0.2, 0.25) is 5.88 Å². The first-order valence-corrected chi connectivity index (χ1v) is 12.2. The molecule has 0 aliphatic rings. The number of aromatic nitrogens is 3. The molecule has 0 saturated carbocycles. The Balaban J connectivity index is 1.69. The van der Waals surface area contributed by atoms with Crippen LogP contribution in [0.3, 0.4) is 0 Å². The number of aromatic carboxylic acids is 1. The van der Waals surface area contributed by atoms with Gasteiger partial charge in [-0.1, -0.05) is 57.5 Å². The van der Waals surface area contributed by atoms with Gasteiger partial charge in [0.1, 0.15) is 5.69 Å². The van der Waals surface area contributed by atoms with Gasteiger partial charge in [-0.15, -0.1) is 0 Å². The second-order valence-electron chi connectivity index (χ2n) is 8.34. The Kier molecular flexibility index (Phi) is 6.45. The minimum atomic E-state index is -1.11. The van der Waals surface area contributed by atoms with Gasteiger partial charge in [0.15, 0.2) is 0 Å². The molecule has 8 nitrogen and oxygen atoms in total. The zero-order chi connectivity index (χ0) is 26.1. The lowest BCUT2D eigenvalue weighted by molar-refractivity contribution is 0.0697. The SMILES string of the molecule is Cc1nn(-c2ccccc2)c(C)c1-c1noc(NC(=O)c2ccc(Br)cc2)c1-c1ccccc1C(=O)O. The normalized spacial score (nSPS) is 10.9. The number of halogens is 1. The zero-order valence-corrected chi connectivity index (χ0v) is 21.5. The van der Waals surface area contributed by atoms with E-state index < -0.39 is 11.9 Å². The molecule has 0 atom stereocenters. The van der Waals surface area contributed by atoms with Gasteiger partial charge < -0.3 is 9.63 Å². The molecule has 0 unspecified atom stereocenters. The third-order valence-electron chi connectivity index (χ3n) is 5.98. The highest BCUT2D eigenvalue weighted by molar-refractivity contribution is 9.10. The first-order chi connectivity index (χ1) is 17.8. The topological polar surface area (TPSA) is 110 Å². The van der Waals surface area contributed by atoms with Gasteiger partial charge >= 0.3 is 5.97 Å². The number of benzene rings is 3. The monoisotopic (exact) mass is 556 g/mol. The molecular weight excluding hydrogens is 536 g/mol. The standard InChI is InChI=1S/C28H21BrN4O4/c1-16-23(17(2)33(31-16)20-8-4-3-5-9-20)25-24(21-10-6-7-11-22(21)28(35)36)27(37-32-25)30-26(34)18-12-14-19(29)15-13-18/h3-15H,1-2H3,(H,30,34)(H,35,36). The summed E-state index contributed by atoms with van der Waals surface area (Å²) in [5.74, 6) is -1.48. The van der Waals surface area contributed by atoms with E-state index >= 15 is 0 Å². The number of carboxylic acids is 1. The number of rotatable bonds is 6. The number of carboxylic acid groups (broad SMARTS) is 1. The number of anilines is 1. The molecule has 3 aromatic carbocycles. The van der Waals surface area contributed by atoms with Crippen LogP contribution >= 0.6 is 15.9 Å². The molecule has 37 heavy (non-hydrogen) atoms. The quantitative estimate of drug-likeness (QED) is 0.246. The molecule has 2 aromatic heterocycles. The molecular formula is C28H21BrN4O4. The summed E-state index contributed by atoms with van der Waals surface area (Å²) in [5.41, 5.74) is 4.59. The van der Waals surface area contributed by atoms with Gasteiger partial charge in [0.25, 0.3) is 5.91 Å². The van der Waals surface area contributed by atoms with Crippen LogP contribution in [0.2, 0.25) is 0 Å². The predicted octanol–water partition coefficient (Wildman–Crippen LogP) is 6.52. The maximum atomic E-state index is 13.0. The number of carbonyl (C=O) groups excluding carboxylic acids is 1. The highest BCUT2D eigenvalue weighted by atomic mass is 79.9. The summed E-state index contributed by atoms with van der Waals surface area (Å²) in [6, 6.07) is 23.0. The van der Waals surface area contributed by atoms with Crippen LogP contribution in [0, 0.1) is 13.8 Å². The van der Waals surface area contributed by atoms with Crippen molar-refractivity contribution >= 4 is 33.7 Å². The Morgan fingerprint density at radius 2 is 1.59 bits per heavy atom. The summed E-state index contributed by atoms with van der Waals surface area (Å²) in [4.78, 5) is 25.2. The van der Waals surface area contributed by atoms with Gasteiger partial charge in [-0.2, -0.15) is 5.10 Å². The van der Waals surface area contributed by atoms with Crippen LogP contribution < -0.4 is 5.32 Å². The summed E-state index contributed by atoms with van der Waals surface area (Å²) in [6.07, 6.45) is 0. The predicted molar refractivity (Wildman–Crippen MR) is 143 cm³/mol. The van der Waals surface area contributed by atoms with Crippen molar-refractivity contribution in [1.29, 1.82) is 0 Å². The van der Waals surface area contributed by atoms with Crippen molar-refractivity contribution in [2.24, 2.45) is 0 Å². The number of nitrogens with one attached hydrogen (secondary N) is 1. The van der Waals surface area contributed by atoms with Crippen LogP contribution in [0.15, 0.2) is 87.9 Å². The van der Waals surface area contributed by atoms with E-state index in [2.05, 4.69) is 26.4 Å². The van der Waals surface area contributed by atoms with Gasteiger partial charge in [0.05, 0.1) is 28.2 Å². The van der Waals surface area contributed by atoms with Crippen molar-refractivity contribution in [1.82, 2.24) is 14.9 Å². The number of hydrogen-bond acceptors (Lipinski definition) is 5. The zero-order valence-electron chi connectivity index (χ0n) is 19.9. The fourth-order valence-electron chi connectivity index (χ4n) is 4.27. The van der Waals surface area contributed by atoms with E-state index in [9.17, 15) is 14.7 Å². The van der Waals surface area contributed by atoms with Crippen molar-refractivity contribution in [3.05, 3.63) is 106 Å². The molecule has 0 fully saturated rings. The second kappa shape index (κ2) is 9.87. The van der Waals surface area contributed by atoms with E-state index in [-0.39, 0.29) is 11.4 Å². The number of amides is 1. The Morgan fingerprint density at radius 3 is 2.30 bits per heavy atom. The Labute approximate surface area is 220 Å². The number of nitrogens with zero attached hydrogens (tertiary/aromatic N) is 3. The molecule has 0 bridgehead atoms. The average Bonchev–Trinajstić information content (AvgIpc) is 3.43. The largest absolute Gasteiger partial charge is 0.478 e. The average molecular weight is 557 g/mol. The highest BCUT2D eigenvalue weighted by Gasteiger charge is 2.28. The van der Waals surface area contributed by atoms with E-state index in [0.29, 0.717) is 33.6 Å². The molecule has 0 radical (unpaired) electrons. The summed E-state index contributed by atoms with van der Waals surface area (Å²) in [7, 11) is 0. The molecule has 0 aliphatic heterocycles. The van der Waals surface area contributed by atoms with Crippen molar-refractivity contribution in [3.8, 4) is 28.1 Å². The molecule has 5 rings (SSSR count). The van der Waals surface area contributed by atoms with Gasteiger partial charge in [-0.25, -0.2) is 9.48 Å². The molecule has 2 N–H and O–H groups in total. The fourth-order valence-corrected chi connectivity index (χ4v) is 4.53. The van der Waals surface area contributed by atoms with E-state index in [1.54, 1.807) is 47.1 Å². The molecule has 2 heterocycles. The van der Waals surface area contributed by atoms with Crippen LogP contribution in [0.5, 0.6) is 0 Å². The molecule has 9 heteroatoms. The van der Waals surface area contributed by atoms with Crippen molar-refractivity contribution in [3.63, 3.8) is 0 Å². The van der Waals surface area contributed by atoms with Crippen molar-refractivity contribution in [2.75, 3.05) is 5.32 Å². The lowest BCUT2D eigenvalue weighted by Gasteiger charge is -2.10. The van der Waals surface area contributed by atoms with Crippen LogP contribution in [0.4, 0.5) is 5.88 Å². The van der Waals surface area contributed by atoms with Gasteiger partial charge in [-0.3, -0.25) is 10.1 Å². The third kappa shape index (κ3) is 4.56. The fraction of sp³-hybridized carbons (Fsp3) is 0.0714. The van der Waals surface area contributed by atoms with Crippen molar-refractivity contribution < 1.29 is 19.2 Å². The number of hydrogen-bond donors (Lipinski definition) is 2. The number of carbonyl (C=O) groups is 2. The van der Waals surface area contributed by atoms with E-state index in [1.807, 2.05) is 44.2 Å². The second-order valence-corrected chi connectivity index (χ2v) is 9.26. The maximum absolute atomic E-state index is 13.0. The highest BCUT2D eigenvalue weighted by Crippen LogP contribution is 2.42. The minimum Gasteiger partial charge on any atom is -0.478 e. The van der Waals surface area contributed by atoms with Crippen molar-refractivity contribution in [2.45, 2.75) is 13.8 Å². The van der Waals surface area contributed by atoms with E-state index in [1.165, 1.54) is 6.07 Å². The molecule has 184 valence electrons. The number of aryl methyl sites for hydroxylation is 1. The van der Waals surface area contributed by atoms with Crippen LogP contribution in [0.25, 0.3) is 28.1 Å². The van der Waals surface area contributed by atoms with Crippen LogP contribution in [-0.2, 0) is 0 Å². The van der Waals surface area contributed by atoms with Crippen LogP contribution in [-0.4, -0.2) is 31.9 Å². The maximum Gasteiger partial charge on any atom is 0.336 e. The number of para-hydroxylation sites is 1. The summed E-state index contributed by atoms with van der Waals surface area (Å²) in [6.45, 7) is 3.76. The smallest absolute Gasteiger partial charge is 0.336 e. The van der Waals surface area contributed by atoms with Crippen LogP contribution in [0.1, 0.15) is 32.1 Å². The van der Waals surface area contributed by atoms with E-state index in [0.717, 1.165) is 15.9 Å². The Hall–Kier alpha value is -4.50. The van der Waals surface area contributed by atoms with Gasteiger partial charge in [0, 0.05) is 21.2 Å². The summed E-state index contributed by atoms with van der Waals surface area (Å²) >= 11 is 3.36. The van der Waals surface area contributed by atoms with E-state index in [4.69, 9.17) is 9.62 Å². The summed E-state index contributed by atoms with van der Waals surface area (Å²) < 4.78 is 8.29. The molecule has 1 amide bonds. The third-order valence-corrected chi connectivity index (χ3v) is 6.51. The minimum absolute atomic E-state index is 0.0443. The Bertz CT molecular complexity index is 1620. The molecule has 0 aliphatic carbocycles. The lowest BCUT2D eigenvalue weighted by Crippen LogP contribution is -2.12.